The van der Waals surface area contributed by atoms with E-state index in [4.69, 9.17) is 0 Å². The number of fused-ring (bicyclic) bond motifs is 1. The third-order valence-electron chi connectivity index (χ3n) is 5.91. The van der Waals surface area contributed by atoms with E-state index in [9.17, 15) is 0 Å². The van der Waals surface area contributed by atoms with Crippen LogP contribution in [0.25, 0.3) is 16.8 Å². The van der Waals surface area contributed by atoms with E-state index in [1.54, 1.807) is 0 Å². The molecule has 1 aromatic carbocycles. The Morgan fingerprint density at radius 1 is 1.21 bits per heavy atom. The average Bonchev–Trinajstić information content (AvgIpc) is 2.87. The molecule has 2 heterocycles. The summed E-state index contributed by atoms with van der Waals surface area (Å²) in [6.07, 6.45) is 12.0. The number of aryl methyl sites for hydroxylation is 1. The van der Waals surface area contributed by atoms with Crippen molar-refractivity contribution in [3.8, 4) is 0 Å². The van der Waals surface area contributed by atoms with Gasteiger partial charge in [0.05, 0.1) is 0 Å². The van der Waals surface area contributed by atoms with E-state index >= 15 is 0 Å². The van der Waals surface area contributed by atoms with Gasteiger partial charge in [-0.15, -0.1) is 0 Å². The Hall–Kier alpha value is -2.87. The number of pyridine rings is 1. The molecule has 28 heavy (non-hydrogen) atoms. The molecule has 0 saturated carbocycles. The number of nitrogens with zero attached hydrogens (tertiary/aromatic N) is 1. The van der Waals surface area contributed by atoms with Crippen molar-refractivity contribution >= 4 is 16.8 Å². The summed E-state index contributed by atoms with van der Waals surface area (Å²) in [4.78, 5) is 4.67. The number of benzene rings is 1. The van der Waals surface area contributed by atoms with E-state index in [0.29, 0.717) is 5.92 Å². The van der Waals surface area contributed by atoms with E-state index in [0.717, 1.165) is 53.9 Å². The minimum atomic E-state index is 0.498. The van der Waals surface area contributed by atoms with Gasteiger partial charge in [-0.05, 0) is 60.4 Å². The van der Waals surface area contributed by atoms with Gasteiger partial charge in [-0.2, -0.15) is 0 Å². The van der Waals surface area contributed by atoms with Crippen molar-refractivity contribution in [2.75, 3.05) is 6.54 Å². The first kappa shape index (κ1) is 18.5. The second-order valence-electron chi connectivity index (χ2n) is 7.87. The zero-order valence-corrected chi connectivity index (χ0v) is 16.9. The average molecular weight is 369 g/mol. The molecule has 0 spiro atoms. The van der Waals surface area contributed by atoms with Crippen LogP contribution in [0.15, 0.2) is 61.8 Å². The third kappa shape index (κ3) is 3.47. The van der Waals surface area contributed by atoms with E-state index in [2.05, 4.69) is 79.8 Å². The molecule has 2 aliphatic rings. The first-order chi connectivity index (χ1) is 13.5. The van der Waals surface area contributed by atoms with E-state index in [1.807, 2.05) is 6.20 Å². The SMILES string of the molecule is C=C1NCCC(C)c2cc(C(=C)c3cc(C4=CCCC=C4)cnc3C)ccc21. The van der Waals surface area contributed by atoms with Crippen molar-refractivity contribution in [2.24, 2.45) is 0 Å². The van der Waals surface area contributed by atoms with Crippen LogP contribution < -0.4 is 5.32 Å². The number of hydrogen-bond donors (Lipinski definition) is 1. The summed E-state index contributed by atoms with van der Waals surface area (Å²) >= 11 is 0. The Kier molecular flexibility index (Phi) is 5.04. The van der Waals surface area contributed by atoms with Gasteiger partial charge in [0.2, 0.25) is 0 Å². The van der Waals surface area contributed by atoms with E-state index in [1.165, 1.54) is 22.3 Å². The molecule has 4 rings (SSSR count). The molecule has 0 saturated heterocycles. The van der Waals surface area contributed by atoms with Crippen molar-refractivity contribution in [1.82, 2.24) is 10.3 Å². The molecule has 0 bridgehead atoms. The normalized spacial score (nSPS) is 18.7. The number of hydrogen-bond acceptors (Lipinski definition) is 2. The van der Waals surface area contributed by atoms with Gasteiger partial charge in [-0.25, -0.2) is 0 Å². The van der Waals surface area contributed by atoms with Crippen LogP contribution in [-0.4, -0.2) is 11.5 Å². The molecule has 0 radical (unpaired) electrons. The van der Waals surface area contributed by atoms with Crippen molar-refractivity contribution < 1.29 is 0 Å². The highest BCUT2D eigenvalue weighted by atomic mass is 14.9. The molecule has 1 aliphatic heterocycles. The minimum absolute atomic E-state index is 0.498. The number of nitrogens with one attached hydrogen (secondary N) is 1. The van der Waals surface area contributed by atoms with Gasteiger partial charge in [-0.1, -0.05) is 56.5 Å². The molecule has 0 fully saturated rings. The molecular formula is C26H28N2. The molecule has 1 unspecified atom stereocenters. The Balaban J connectivity index is 1.73. The standard InChI is InChI=1S/C26H28N2/c1-17-12-13-27-19(3)24-11-10-22(14-25(17)24)18(2)26-15-23(16-28-20(26)4)21-8-6-5-7-9-21/h6,8-11,14-17,27H,2-3,5,7,12-13H2,1,4H3. The molecule has 2 nitrogen and oxygen atoms in total. The molecular weight excluding hydrogens is 340 g/mol. The Morgan fingerprint density at radius 3 is 2.86 bits per heavy atom. The fourth-order valence-corrected chi connectivity index (χ4v) is 4.10. The predicted molar refractivity (Wildman–Crippen MR) is 120 cm³/mol. The molecule has 1 N–H and O–H groups in total. The number of rotatable bonds is 3. The highest BCUT2D eigenvalue weighted by Gasteiger charge is 2.19. The highest BCUT2D eigenvalue weighted by molar-refractivity contribution is 5.84. The number of aromatic nitrogens is 1. The van der Waals surface area contributed by atoms with Crippen LogP contribution in [0.4, 0.5) is 0 Å². The summed E-state index contributed by atoms with van der Waals surface area (Å²) in [6, 6.07) is 8.89. The van der Waals surface area contributed by atoms with Crippen LogP contribution in [0.3, 0.4) is 0 Å². The Morgan fingerprint density at radius 2 is 2.07 bits per heavy atom. The summed E-state index contributed by atoms with van der Waals surface area (Å²) < 4.78 is 0. The maximum Gasteiger partial charge on any atom is 0.0451 e. The third-order valence-corrected chi connectivity index (χ3v) is 5.91. The van der Waals surface area contributed by atoms with Gasteiger partial charge in [0.1, 0.15) is 0 Å². The fourth-order valence-electron chi connectivity index (χ4n) is 4.10. The zero-order valence-electron chi connectivity index (χ0n) is 16.9. The quantitative estimate of drug-likeness (QED) is 0.692. The fraction of sp³-hybridized carbons (Fsp3) is 0.269. The largest absolute Gasteiger partial charge is 0.385 e. The Bertz CT molecular complexity index is 1010. The highest BCUT2D eigenvalue weighted by Crippen LogP contribution is 2.34. The molecule has 1 aromatic heterocycles. The van der Waals surface area contributed by atoms with Crippen LogP contribution in [0.1, 0.15) is 65.6 Å². The van der Waals surface area contributed by atoms with Crippen molar-refractivity contribution in [2.45, 2.75) is 39.0 Å². The summed E-state index contributed by atoms with van der Waals surface area (Å²) in [7, 11) is 0. The van der Waals surface area contributed by atoms with Gasteiger partial charge in [0.25, 0.3) is 0 Å². The van der Waals surface area contributed by atoms with E-state index < -0.39 is 0 Å². The Labute approximate surface area is 168 Å². The van der Waals surface area contributed by atoms with E-state index in [-0.39, 0.29) is 0 Å². The van der Waals surface area contributed by atoms with Gasteiger partial charge in [-0.3, -0.25) is 4.98 Å². The molecule has 0 amide bonds. The van der Waals surface area contributed by atoms with Crippen molar-refractivity contribution in [3.05, 3.63) is 95.4 Å². The van der Waals surface area contributed by atoms with Crippen LogP contribution in [-0.2, 0) is 0 Å². The monoisotopic (exact) mass is 368 g/mol. The van der Waals surface area contributed by atoms with Gasteiger partial charge in [0, 0.05) is 40.8 Å². The lowest BCUT2D eigenvalue weighted by atomic mass is 9.88. The topological polar surface area (TPSA) is 24.9 Å². The zero-order chi connectivity index (χ0) is 19.7. The summed E-state index contributed by atoms with van der Waals surface area (Å²) in [5, 5.41) is 3.42. The molecule has 142 valence electrons. The first-order valence-electron chi connectivity index (χ1n) is 10.1. The maximum absolute atomic E-state index is 4.67. The van der Waals surface area contributed by atoms with Crippen LogP contribution in [0, 0.1) is 6.92 Å². The van der Waals surface area contributed by atoms with Crippen molar-refractivity contribution in [1.29, 1.82) is 0 Å². The lowest BCUT2D eigenvalue weighted by molar-refractivity contribution is 0.672. The summed E-state index contributed by atoms with van der Waals surface area (Å²) in [6.45, 7) is 14.0. The predicted octanol–water partition coefficient (Wildman–Crippen LogP) is 6.25. The molecule has 2 aromatic rings. The minimum Gasteiger partial charge on any atom is -0.385 e. The lowest BCUT2D eigenvalue weighted by Crippen LogP contribution is -2.10. The van der Waals surface area contributed by atoms with Gasteiger partial charge in [0.15, 0.2) is 0 Å². The maximum atomic E-state index is 4.67. The van der Waals surface area contributed by atoms with Crippen LogP contribution in [0.5, 0.6) is 0 Å². The second-order valence-corrected chi connectivity index (χ2v) is 7.87. The number of allylic oxidation sites excluding steroid dienone is 4. The van der Waals surface area contributed by atoms with Crippen molar-refractivity contribution in [3.63, 3.8) is 0 Å². The van der Waals surface area contributed by atoms with Crippen LogP contribution >= 0.6 is 0 Å². The van der Waals surface area contributed by atoms with Gasteiger partial charge >= 0.3 is 0 Å². The summed E-state index contributed by atoms with van der Waals surface area (Å²) in [5.74, 6) is 0.498. The lowest BCUT2D eigenvalue weighted by Gasteiger charge is -2.17. The second kappa shape index (κ2) is 7.63. The molecule has 1 atom stereocenters. The molecule has 1 aliphatic carbocycles. The smallest absolute Gasteiger partial charge is 0.0451 e. The molecule has 2 heteroatoms. The summed E-state index contributed by atoms with van der Waals surface area (Å²) in [5.41, 5.74) is 10.4. The van der Waals surface area contributed by atoms with Crippen LogP contribution in [0.2, 0.25) is 0 Å². The van der Waals surface area contributed by atoms with Gasteiger partial charge < -0.3 is 5.32 Å². The first-order valence-corrected chi connectivity index (χ1v) is 10.1.